The van der Waals surface area contributed by atoms with E-state index in [2.05, 4.69) is 16.2 Å². The van der Waals surface area contributed by atoms with Gasteiger partial charge in [-0.25, -0.2) is 8.42 Å². The van der Waals surface area contributed by atoms with Crippen LogP contribution in [0.5, 0.6) is 0 Å². The summed E-state index contributed by atoms with van der Waals surface area (Å²) in [5.41, 5.74) is 5.71. The summed E-state index contributed by atoms with van der Waals surface area (Å²) in [6.07, 6.45) is 6.49. The number of nitrogens with zero attached hydrogens (tertiary/aromatic N) is 1. The summed E-state index contributed by atoms with van der Waals surface area (Å²) in [6, 6.07) is 6.39. The number of amides is 1. The Morgan fingerprint density at radius 3 is 2.27 bits per heavy atom. The van der Waals surface area contributed by atoms with Gasteiger partial charge >= 0.3 is 0 Å². The molecule has 2 bridgehead atoms. The second kappa shape index (κ2) is 10.1. The van der Waals surface area contributed by atoms with Crippen LogP contribution in [0.4, 0.5) is 0 Å². The van der Waals surface area contributed by atoms with Crippen molar-refractivity contribution in [3.05, 3.63) is 29.8 Å². The van der Waals surface area contributed by atoms with Gasteiger partial charge in [0.05, 0.1) is 4.90 Å². The van der Waals surface area contributed by atoms with Crippen LogP contribution in [0.2, 0.25) is 0 Å². The van der Waals surface area contributed by atoms with E-state index in [0.717, 1.165) is 25.2 Å². The average molecular weight is 453 g/mol. The Balaban J connectivity index is 1.53. The van der Waals surface area contributed by atoms with E-state index < -0.39 is 10.0 Å². The van der Waals surface area contributed by atoms with Crippen molar-refractivity contribution < 1.29 is 13.2 Å². The first-order valence-electron chi connectivity index (χ1n) is 10.8. The maximum absolute atomic E-state index is 12.8. The van der Waals surface area contributed by atoms with Crippen molar-refractivity contribution in [3.8, 4) is 0 Å². The third kappa shape index (κ3) is 5.31. The lowest BCUT2D eigenvalue weighted by molar-refractivity contribution is 0.0943. The maximum atomic E-state index is 12.8. The number of sulfonamides is 1. The van der Waals surface area contributed by atoms with E-state index in [1.54, 1.807) is 0 Å². The first-order chi connectivity index (χ1) is 14.3. The molecule has 30 heavy (non-hydrogen) atoms. The van der Waals surface area contributed by atoms with Gasteiger partial charge in [0.1, 0.15) is 0 Å². The first kappa shape index (κ1) is 23.0. The molecular formula is C21H32N4O3S2. The lowest BCUT2D eigenvalue weighted by atomic mass is 9.96. The van der Waals surface area contributed by atoms with Crippen LogP contribution in [0.3, 0.4) is 0 Å². The van der Waals surface area contributed by atoms with E-state index in [1.165, 1.54) is 47.8 Å². The van der Waals surface area contributed by atoms with Gasteiger partial charge in [0, 0.05) is 24.7 Å². The lowest BCUT2D eigenvalue weighted by Crippen LogP contribution is -2.50. The molecule has 7 nitrogen and oxygen atoms in total. The van der Waals surface area contributed by atoms with Gasteiger partial charge in [0.2, 0.25) is 10.0 Å². The SMILES string of the molecule is CCCN(CCC)S(=O)(=O)c1ccc(C(=O)NNC(=S)N[C@H]2C[C@@H]3CC[C@@H]2C3)cc1. The van der Waals surface area contributed by atoms with Gasteiger partial charge in [-0.3, -0.25) is 15.6 Å². The summed E-state index contributed by atoms with van der Waals surface area (Å²) < 4.78 is 27.1. The highest BCUT2D eigenvalue weighted by molar-refractivity contribution is 7.89. The summed E-state index contributed by atoms with van der Waals surface area (Å²) in [4.78, 5) is 12.6. The lowest BCUT2D eigenvalue weighted by Gasteiger charge is -2.24. The average Bonchev–Trinajstić information content (AvgIpc) is 3.35. The topological polar surface area (TPSA) is 90.5 Å². The molecule has 1 aromatic rings. The van der Waals surface area contributed by atoms with Crippen molar-refractivity contribution in [3.63, 3.8) is 0 Å². The molecule has 2 fully saturated rings. The maximum Gasteiger partial charge on any atom is 0.269 e. The molecule has 0 saturated heterocycles. The first-order valence-corrected chi connectivity index (χ1v) is 12.7. The van der Waals surface area contributed by atoms with Gasteiger partial charge in [-0.2, -0.15) is 4.31 Å². The van der Waals surface area contributed by atoms with Crippen LogP contribution >= 0.6 is 12.2 Å². The molecule has 1 amide bonds. The number of fused-ring (bicyclic) bond motifs is 2. The van der Waals surface area contributed by atoms with Gasteiger partial charge < -0.3 is 5.32 Å². The number of carbonyl (C=O) groups excluding carboxylic acids is 1. The van der Waals surface area contributed by atoms with E-state index >= 15 is 0 Å². The highest BCUT2D eigenvalue weighted by atomic mass is 32.2. The van der Waals surface area contributed by atoms with E-state index in [4.69, 9.17) is 12.2 Å². The van der Waals surface area contributed by atoms with Gasteiger partial charge in [-0.15, -0.1) is 0 Å². The molecule has 0 aliphatic heterocycles. The molecule has 2 saturated carbocycles. The van der Waals surface area contributed by atoms with Crippen LogP contribution in [0.25, 0.3) is 0 Å². The molecular weight excluding hydrogens is 420 g/mol. The predicted octanol–water partition coefficient (Wildman–Crippen LogP) is 2.79. The zero-order valence-electron chi connectivity index (χ0n) is 17.7. The summed E-state index contributed by atoms with van der Waals surface area (Å²) in [5.74, 6) is 1.13. The highest BCUT2D eigenvalue weighted by Gasteiger charge is 2.39. The Bertz CT molecular complexity index is 852. The number of thiocarbonyl (C=S) groups is 1. The van der Waals surface area contributed by atoms with Crippen molar-refractivity contribution in [1.29, 1.82) is 0 Å². The standard InChI is InChI=1S/C21H32N4O3S2/c1-3-11-25(12-4-2)30(27,28)18-9-7-16(8-10-18)20(26)23-24-21(29)22-19-14-15-5-6-17(19)13-15/h7-10,15,17,19H,3-6,11-14H2,1-2H3,(H,23,26)(H2,22,24,29)/t15-,17-,19+/m1/s1. The van der Waals surface area contributed by atoms with Gasteiger partial charge in [-0.1, -0.05) is 20.3 Å². The van der Waals surface area contributed by atoms with Gasteiger partial charge in [0.25, 0.3) is 5.91 Å². The van der Waals surface area contributed by atoms with Crippen LogP contribution < -0.4 is 16.2 Å². The van der Waals surface area contributed by atoms with Crippen LogP contribution in [-0.4, -0.2) is 42.9 Å². The minimum Gasteiger partial charge on any atom is -0.358 e. The van der Waals surface area contributed by atoms with Crippen molar-refractivity contribution in [2.45, 2.75) is 63.3 Å². The fraction of sp³-hybridized carbons (Fsp3) is 0.619. The van der Waals surface area contributed by atoms with E-state index in [9.17, 15) is 13.2 Å². The fourth-order valence-corrected chi connectivity index (χ4v) is 6.42. The third-order valence-corrected chi connectivity index (χ3v) is 8.18. The van der Waals surface area contributed by atoms with Crippen LogP contribution in [0, 0.1) is 11.8 Å². The van der Waals surface area contributed by atoms with Gasteiger partial charge in [-0.05, 0) is 80.4 Å². The highest BCUT2D eigenvalue weighted by Crippen LogP contribution is 2.44. The summed E-state index contributed by atoms with van der Waals surface area (Å²) in [7, 11) is -3.56. The predicted molar refractivity (Wildman–Crippen MR) is 121 cm³/mol. The van der Waals surface area contributed by atoms with Crippen molar-refractivity contribution >= 4 is 33.3 Å². The Labute approximate surface area is 185 Å². The number of rotatable bonds is 8. The monoisotopic (exact) mass is 452 g/mol. The summed E-state index contributed by atoms with van der Waals surface area (Å²) >= 11 is 5.30. The molecule has 166 valence electrons. The minimum atomic E-state index is -3.56. The second-order valence-corrected chi connectivity index (χ2v) is 10.6. The molecule has 0 spiro atoms. The van der Waals surface area contributed by atoms with Crippen LogP contribution in [0.15, 0.2) is 29.2 Å². The Morgan fingerprint density at radius 1 is 1.07 bits per heavy atom. The number of hydrazine groups is 1. The molecule has 0 radical (unpaired) electrons. The zero-order valence-corrected chi connectivity index (χ0v) is 19.3. The smallest absolute Gasteiger partial charge is 0.269 e. The summed E-state index contributed by atoms with van der Waals surface area (Å²) in [6.45, 7) is 4.87. The van der Waals surface area contributed by atoms with E-state index in [-0.39, 0.29) is 10.8 Å². The molecule has 1 aromatic carbocycles. The normalized spacial score (nSPS) is 22.8. The van der Waals surface area contributed by atoms with Crippen LogP contribution in [0.1, 0.15) is 62.7 Å². The Hall–Kier alpha value is -1.71. The van der Waals surface area contributed by atoms with E-state index in [1.807, 2.05) is 13.8 Å². The zero-order chi connectivity index (χ0) is 21.7. The van der Waals surface area contributed by atoms with Crippen molar-refractivity contribution in [2.24, 2.45) is 11.8 Å². The van der Waals surface area contributed by atoms with E-state index in [0.29, 0.717) is 35.7 Å². The van der Waals surface area contributed by atoms with Crippen molar-refractivity contribution in [1.82, 2.24) is 20.5 Å². The molecule has 0 unspecified atom stereocenters. The summed E-state index contributed by atoms with van der Waals surface area (Å²) in [5, 5.41) is 3.72. The van der Waals surface area contributed by atoms with Gasteiger partial charge in [0.15, 0.2) is 5.11 Å². The minimum absolute atomic E-state index is 0.197. The number of nitrogens with one attached hydrogen (secondary N) is 3. The third-order valence-electron chi connectivity index (χ3n) is 6.04. The Morgan fingerprint density at radius 2 is 1.73 bits per heavy atom. The second-order valence-electron chi connectivity index (χ2n) is 8.26. The molecule has 9 heteroatoms. The quantitative estimate of drug-likeness (QED) is 0.415. The number of hydrogen-bond donors (Lipinski definition) is 3. The Kier molecular flexibility index (Phi) is 7.70. The molecule has 0 heterocycles. The molecule has 2 aliphatic carbocycles. The fourth-order valence-electron chi connectivity index (χ4n) is 4.59. The molecule has 3 rings (SSSR count). The molecule has 3 atom stereocenters. The number of benzene rings is 1. The largest absolute Gasteiger partial charge is 0.358 e. The number of carbonyl (C=O) groups is 1. The molecule has 2 aliphatic rings. The van der Waals surface area contributed by atoms with Crippen molar-refractivity contribution in [2.75, 3.05) is 13.1 Å². The molecule has 0 aromatic heterocycles. The molecule has 3 N–H and O–H groups in total. The number of hydrogen-bond acceptors (Lipinski definition) is 4. The van der Waals surface area contributed by atoms with Crippen LogP contribution in [-0.2, 0) is 10.0 Å².